The third kappa shape index (κ3) is 3.40. The van der Waals surface area contributed by atoms with Gasteiger partial charge in [0.1, 0.15) is 5.75 Å². The van der Waals surface area contributed by atoms with Gasteiger partial charge in [0.05, 0.1) is 24.4 Å². The number of hydrogen-bond donors (Lipinski definition) is 2. The number of anilines is 2. The Morgan fingerprint density at radius 2 is 2.05 bits per heavy atom. The average molecular weight is 262 g/mol. The van der Waals surface area contributed by atoms with Gasteiger partial charge in [-0.2, -0.15) is 0 Å². The van der Waals surface area contributed by atoms with Gasteiger partial charge in [0.25, 0.3) is 0 Å². The van der Waals surface area contributed by atoms with E-state index >= 15 is 0 Å². The van der Waals surface area contributed by atoms with Crippen LogP contribution in [0.25, 0.3) is 0 Å². The van der Waals surface area contributed by atoms with Gasteiger partial charge in [0, 0.05) is 12.6 Å². The molecule has 2 N–H and O–H groups in total. The SMILES string of the molecule is COc1ccc2c(c1)NC(=O)C(CC(C)(C)C)CN2. The molecular formula is C15H22N2O2. The molecule has 1 unspecified atom stereocenters. The minimum Gasteiger partial charge on any atom is -0.497 e. The predicted octanol–water partition coefficient (Wildman–Crippen LogP) is 3.11. The number of ether oxygens (including phenoxy) is 1. The smallest absolute Gasteiger partial charge is 0.229 e. The van der Waals surface area contributed by atoms with Crippen molar-refractivity contribution < 1.29 is 9.53 Å². The number of rotatable bonds is 2. The molecule has 0 fully saturated rings. The molecular weight excluding hydrogens is 240 g/mol. The molecule has 2 rings (SSSR count). The summed E-state index contributed by atoms with van der Waals surface area (Å²) in [5, 5.41) is 6.33. The van der Waals surface area contributed by atoms with Gasteiger partial charge >= 0.3 is 0 Å². The first kappa shape index (κ1) is 13.7. The Morgan fingerprint density at radius 1 is 1.32 bits per heavy atom. The zero-order valence-electron chi connectivity index (χ0n) is 12.0. The highest BCUT2D eigenvalue weighted by molar-refractivity contribution is 5.97. The lowest BCUT2D eigenvalue weighted by molar-refractivity contribution is -0.120. The third-order valence-electron chi connectivity index (χ3n) is 3.25. The van der Waals surface area contributed by atoms with Crippen LogP contribution in [-0.2, 0) is 4.79 Å². The fraction of sp³-hybridized carbons (Fsp3) is 0.533. The number of carbonyl (C=O) groups is 1. The first-order valence-corrected chi connectivity index (χ1v) is 6.62. The summed E-state index contributed by atoms with van der Waals surface area (Å²) in [7, 11) is 1.62. The summed E-state index contributed by atoms with van der Waals surface area (Å²) >= 11 is 0. The van der Waals surface area contributed by atoms with Gasteiger partial charge in [-0.1, -0.05) is 20.8 Å². The van der Waals surface area contributed by atoms with Crippen LogP contribution in [0.2, 0.25) is 0 Å². The zero-order chi connectivity index (χ0) is 14.0. The zero-order valence-corrected chi connectivity index (χ0v) is 12.0. The van der Waals surface area contributed by atoms with Crippen LogP contribution in [0.3, 0.4) is 0 Å². The topological polar surface area (TPSA) is 50.4 Å². The van der Waals surface area contributed by atoms with E-state index in [2.05, 4.69) is 31.4 Å². The molecule has 0 bridgehead atoms. The molecule has 0 radical (unpaired) electrons. The first-order valence-electron chi connectivity index (χ1n) is 6.62. The first-order chi connectivity index (χ1) is 8.89. The van der Waals surface area contributed by atoms with Crippen LogP contribution in [0.5, 0.6) is 5.75 Å². The third-order valence-corrected chi connectivity index (χ3v) is 3.25. The number of benzene rings is 1. The lowest BCUT2D eigenvalue weighted by atomic mass is 9.84. The Kier molecular flexibility index (Phi) is 3.69. The lowest BCUT2D eigenvalue weighted by Gasteiger charge is -2.23. The van der Waals surface area contributed by atoms with Crippen LogP contribution in [0.4, 0.5) is 11.4 Å². The highest BCUT2D eigenvalue weighted by Gasteiger charge is 2.27. The maximum absolute atomic E-state index is 12.3. The predicted molar refractivity (Wildman–Crippen MR) is 77.7 cm³/mol. The average Bonchev–Trinajstić information content (AvgIpc) is 2.47. The number of nitrogens with one attached hydrogen (secondary N) is 2. The van der Waals surface area contributed by atoms with Gasteiger partial charge < -0.3 is 15.4 Å². The molecule has 104 valence electrons. The van der Waals surface area contributed by atoms with Gasteiger partial charge in [-0.3, -0.25) is 4.79 Å². The molecule has 0 saturated carbocycles. The van der Waals surface area contributed by atoms with E-state index < -0.39 is 0 Å². The van der Waals surface area contributed by atoms with Gasteiger partial charge in [-0.25, -0.2) is 0 Å². The fourth-order valence-electron chi connectivity index (χ4n) is 2.37. The van der Waals surface area contributed by atoms with Crippen LogP contribution >= 0.6 is 0 Å². The van der Waals surface area contributed by atoms with Crippen molar-refractivity contribution in [2.75, 3.05) is 24.3 Å². The van der Waals surface area contributed by atoms with Gasteiger partial charge in [0.15, 0.2) is 0 Å². The van der Waals surface area contributed by atoms with E-state index in [0.29, 0.717) is 6.54 Å². The van der Waals surface area contributed by atoms with Gasteiger partial charge in [-0.15, -0.1) is 0 Å². The quantitative estimate of drug-likeness (QED) is 0.861. The van der Waals surface area contributed by atoms with Crippen molar-refractivity contribution in [3.8, 4) is 5.75 Å². The Bertz CT molecular complexity index is 478. The van der Waals surface area contributed by atoms with E-state index in [4.69, 9.17) is 4.74 Å². The Morgan fingerprint density at radius 3 is 2.68 bits per heavy atom. The van der Waals surface area contributed by atoms with E-state index in [0.717, 1.165) is 23.5 Å². The van der Waals surface area contributed by atoms with Crippen molar-refractivity contribution in [2.24, 2.45) is 11.3 Å². The second-order valence-corrected chi connectivity index (χ2v) is 6.24. The molecule has 1 atom stereocenters. The molecule has 19 heavy (non-hydrogen) atoms. The molecule has 1 heterocycles. The van der Waals surface area contributed by atoms with E-state index in [-0.39, 0.29) is 17.2 Å². The molecule has 1 aliphatic rings. The van der Waals surface area contributed by atoms with Crippen LogP contribution in [0, 0.1) is 11.3 Å². The maximum atomic E-state index is 12.3. The number of amides is 1. The standard InChI is InChI=1S/C15H22N2O2/c1-15(2,3)8-10-9-16-12-6-5-11(19-4)7-13(12)17-14(10)18/h5-7,10,16H,8-9H2,1-4H3,(H,17,18). The highest BCUT2D eigenvalue weighted by atomic mass is 16.5. The summed E-state index contributed by atoms with van der Waals surface area (Å²) in [6.07, 6.45) is 0.858. The van der Waals surface area contributed by atoms with Crippen molar-refractivity contribution >= 4 is 17.3 Å². The summed E-state index contributed by atoms with van der Waals surface area (Å²) in [5.74, 6) is 0.808. The van der Waals surface area contributed by atoms with E-state index in [1.165, 1.54) is 0 Å². The monoisotopic (exact) mass is 262 g/mol. The minimum absolute atomic E-state index is 0.0154. The van der Waals surface area contributed by atoms with Crippen molar-refractivity contribution in [3.63, 3.8) is 0 Å². The molecule has 0 saturated heterocycles. The van der Waals surface area contributed by atoms with Crippen molar-refractivity contribution in [2.45, 2.75) is 27.2 Å². The number of carbonyl (C=O) groups excluding carboxylic acids is 1. The molecule has 1 aliphatic heterocycles. The van der Waals surface area contributed by atoms with Gasteiger partial charge in [-0.05, 0) is 24.0 Å². The van der Waals surface area contributed by atoms with E-state index in [9.17, 15) is 4.79 Å². The fourth-order valence-corrected chi connectivity index (χ4v) is 2.37. The van der Waals surface area contributed by atoms with Crippen LogP contribution in [-0.4, -0.2) is 19.6 Å². The Hall–Kier alpha value is -1.71. The summed E-state index contributed by atoms with van der Waals surface area (Å²) in [6, 6.07) is 5.68. The minimum atomic E-state index is -0.0154. The summed E-state index contributed by atoms with van der Waals surface area (Å²) in [5.41, 5.74) is 1.88. The van der Waals surface area contributed by atoms with Crippen LogP contribution in [0.1, 0.15) is 27.2 Å². The number of hydrogen-bond acceptors (Lipinski definition) is 3. The lowest BCUT2D eigenvalue weighted by Crippen LogP contribution is -2.29. The molecule has 4 nitrogen and oxygen atoms in total. The summed E-state index contributed by atoms with van der Waals surface area (Å²) in [6.45, 7) is 7.13. The van der Waals surface area contributed by atoms with Crippen LogP contribution < -0.4 is 15.4 Å². The number of methoxy groups -OCH3 is 1. The molecule has 0 aromatic heterocycles. The molecule has 4 heteroatoms. The highest BCUT2D eigenvalue weighted by Crippen LogP contribution is 2.32. The normalized spacial score (nSPS) is 18.9. The van der Waals surface area contributed by atoms with E-state index in [1.54, 1.807) is 7.11 Å². The molecule has 0 aliphatic carbocycles. The van der Waals surface area contributed by atoms with E-state index in [1.807, 2.05) is 18.2 Å². The number of fused-ring (bicyclic) bond motifs is 1. The molecule has 1 amide bonds. The van der Waals surface area contributed by atoms with Crippen molar-refractivity contribution in [3.05, 3.63) is 18.2 Å². The molecule has 1 aromatic rings. The Balaban J connectivity index is 2.19. The second-order valence-electron chi connectivity index (χ2n) is 6.24. The van der Waals surface area contributed by atoms with Crippen molar-refractivity contribution in [1.29, 1.82) is 0 Å². The van der Waals surface area contributed by atoms with Gasteiger partial charge in [0.2, 0.25) is 5.91 Å². The largest absolute Gasteiger partial charge is 0.497 e. The summed E-state index contributed by atoms with van der Waals surface area (Å²) in [4.78, 5) is 12.3. The maximum Gasteiger partial charge on any atom is 0.229 e. The second kappa shape index (κ2) is 5.11. The summed E-state index contributed by atoms with van der Waals surface area (Å²) < 4.78 is 5.18. The molecule has 0 spiro atoms. The van der Waals surface area contributed by atoms with Crippen molar-refractivity contribution in [1.82, 2.24) is 0 Å². The van der Waals surface area contributed by atoms with Crippen LogP contribution in [0.15, 0.2) is 18.2 Å². The molecule has 1 aromatic carbocycles. The Labute approximate surface area is 114 Å².